The predicted octanol–water partition coefficient (Wildman–Crippen LogP) is 3.14. The quantitative estimate of drug-likeness (QED) is 0.812. The summed E-state index contributed by atoms with van der Waals surface area (Å²) in [6.45, 7) is 6.18. The lowest BCUT2D eigenvalue weighted by molar-refractivity contribution is 0.0937. The molecular weight excluding hydrogens is 336 g/mol. The first-order valence-corrected chi connectivity index (χ1v) is 9.40. The van der Waals surface area contributed by atoms with Gasteiger partial charge in [-0.3, -0.25) is 4.79 Å². The number of nitrogens with zero attached hydrogens (tertiary/aromatic N) is 1. The molecule has 1 rings (SSSR count). The van der Waals surface area contributed by atoms with E-state index in [4.69, 9.17) is 11.6 Å². The van der Waals surface area contributed by atoms with Gasteiger partial charge in [0.05, 0.1) is 15.5 Å². The Bertz CT molecular complexity index is 657. The van der Waals surface area contributed by atoms with Gasteiger partial charge in [-0.15, -0.1) is 0 Å². The Balaban J connectivity index is 2.97. The van der Waals surface area contributed by atoms with E-state index in [1.54, 1.807) is 0 Å². The van der Waals surface area contributed by atoms with Gasteiger partial charge in [0.2, 0.25) is 10.0 Å². The van der Waals surface area contributed by atoms with Gasteiger partial charge in [0.25, 0.3) is 5.91 Å². The first-order valence-electron chi connectivity index (χ1n) is 7.58. The highest BCUT2D eigenvalue weighted by Crippen LogP contribution is 2.22. The molecule has 0 heterocycles. The third kappa shape index (κ3) is 5.48. The second-order valence-corrected chi connectivity index (χ2v) is 8.83. The van der Waals surface area contributed by atoms with Crippen molar-refractivity contribution in [1.29, 1.82) is 0 Å². The highest BCUT2D eigenvalue weighted by atomic mass is 35.5. The average molecular weight is 361 g/mol. The number of halogens is 1. The first-order chi connectivity index (χ1) is 10.6. The van der Waals surface area contributed by atoms with Crippen molar-refractivity contribution in [1.82, 2.24) is 9.62 Å². The van der Waals surface area contributed by atoms with E-state index in [2.05, 4.69) is 19.2 Å². The Morgan fingerprint density at radius 3 is 2.35 bits per heavy atom. The monoisotopic (exact) mass is 360 g/mol. The van der Waals surface area contributed by atoms with Crippen LogP contribution in [0.5, 0.6) is 0 Å². The Kier molecular flexibility index (Phi) is 7.04. The minimum atomic E-state index is -3.60. The van der Waals surface area contributed by atoms with Crippen LogP contribution in [0.3, 0.4) is 0 Å². The molecule has 5 nitrogen and oxygen atoms in total. The van der Waals surface area contributed by atoms with Crippen molar-refractivity contribution in [3.8, 4) is 0 Å². The Hall–Kier alpha value is -1.11. The molecule has 0 aliphatic carbocycles. The number of rotatable bonds is 7. The van der Waals surface area contributed by atoms with Crippen LogP contribution in [0.1, 0.15) is 44.0 Å². The maximum Gasteiger partial charge on any atom is 0.253 e. The molecule has 0 aliphatic rings. The lowest BCUT2D eigenvalue weighted by atomic mass is 10.0. The molecule has 0 saturated carbocycles. The van der Waals surface area contributed by atoms with Crippen LogP contribution in [0.15, 0.2) is 23.1 Å². The zero-order valence-corrected chi connectivity index (χ0v) is 15.8. The fourth-order valence-electron chi connectivity index (χ4n) is 2.01. The molecule has 0 spiro atoms. The van der Waals surface area contributed by atoms with E-state index < -0.39 is 10.0 Å². The number of carbonyl (C=O) groups is 1. The lowest BCUT2D eigenvalue weighted by Gasteiger charge is -2.17. The van der Waals surface area contributed by atoms with Gasteiger partial charge in [0.1, 0.15) is 0 Å². The van der Waals surface area contributed by atoms with E-state index in [0.717, 1.165) is 17.1 Å². The lowest BCUT2D eigenvalue weighted by Crippen LogP contribution is -2.33. The van der Waals surface area contributed by atoms with Crippen LogP contribution in [0.25, 0.3) is 0 Å². The van der Waals surface area contributed by atoms with Crippen LogP contribution in [0.4, 0.5) is 0 Å². The van der Waals surface area contributed by atoms with Gasteiger partial charge in [0, 0.05) is 20.1 Å². The molecule has 0 radical (unpaired) electrons. The smallest absolute Gasteiger partial charge is 0.253 e. The molecule has 7 heteroatoms. The Morgan fingerprint density at radius 1 is 1.22 bits per heavy atom. The number of sulfonamides is 1. The van der Waals surface area contributed by atoms with Gasteiger partial charge >= 0.3 is 0 Å². The summed E-state index contributed by atoms with van der Waals surface area (Å²) in [5, 5.41) is 3.10. The summed E-state index contributed by atoms with van der Waals surface area (Å²) in [6.07, 6.45) is 1.86. The van der Waals surface area contributed by atoms with Crippen LogP contribution in [-0.2, 0) is 10.0 Å². The molecule has 1 aromatic carbocycles. The molecule has 130 valence electrons. The van der Waals surface area contributed by atoms with E-state index in [9.17, 15) is 13.2 Å². The molecule has 1 amide bonds. The van der Waals surface area contributed by atoms with E-state index in [0.29, 0.717) is 5.92 Å². The minimum absolute atomic E-state index is 0.00456. The highest BCUT2D eigenvalue weighted by Gasteiger charge is 2.21. The second-order valence-electron chi connectivity index (χ2n) is 6.27. The van der Waals surface area contributed by atoms with E-state index in [1.807, 2.05) is 6.92 Å². The van der Waals surface area contributed by atoms with Crippen molar-refractivity contribution in [3.05, 3.63) is 28.8 Å². The third-order valence-electron chi connectivity index (χ3n) is 3.52. The summed E-state index contributed by atoms with van der Waals surface area (Å²) in [7, 11) is -0.721. The summed E-state index contributed by atoms with van der Waals surface area (Å²) < 4.78 is 25.4. The average Bonchev–Trinajstić information content (AvgIpc) is 2.45. The molecule has 0 saturated heterocycles. The second kappa shape index (κ2) is 8.13. The van der Waals surface area contributed by atoms with Crippen molar-refractivity contribution in [3.63, 3.8) is 0 Å². The molecule has 1 atom stereocenters. The van der Waals surface area contributed by atoms with E-state index in [1.165, 1.54) is 32.3 Å². The molecule has 0 aliphatic heterocycles. The molecule has 0 aromatic heterocycles. The molecule has 1 aromatic rings. The van der Waals surface area contributed by atoms with Crippen LogP contribution in [0, 0.1) is 5.92 Å². The number of amides is 1. The normalized spacial score (nSPS) is 13.4. The molecular formula is C16H25ClN2O3S. The van der Waals surface area contributed by atoms with Crippen molar-refractivity contribution in [2.45, 2.75) is 44.6 Å². The fraction of sp³-hybridized carbons (Fsp3) is 0.562. The van der Waals surface area contributed by atoms with Gasteiger partial charge in [-0.1, -0.05) is 25.4 Å². The van der Waals surface area contributed by atoms with Crippen LogP contribution < -0.4 is 5.32 Å². The zero-order valence-electron chi connectivity index (χ0n) is 14.3. The number of hydrogen-bond acceptors (Lipinski definition) is 3. The van der Waals surface area contributed by atoms with Crippen molar-refractivity contribution in [2.75, 3.05) is 14.1 Å². The standard InChI is InChI=1S/C16H25ClN2O3S/c1-11(2)6-7-12(3)18-16(20)14-10-13(8-9-15(14)17)23(21,22)19(4)5/h8-12H,6-7H2,1-5H3,(H,18,20). The maximum absolute atomic E-state index is 12.4. The predicted molar refractivity (Wildman–Crippen MR) is 93.3 cm³/mol. The molecule has 1 N–H and O–H groups in total. The van der Waals surface area contributed by atoms with Gasteiger partial charge in [-0.25, -0.2) is 12.7 Å². The van der Waals surface area contributed by atoms with Crippen LogP contribution >= 0.6 is 11.6 Å². The summed E-state index contributed by atoms with van der Waals surface area (Å²) in [5.41, 5.74) is 0.172. The number of benzene rings is 1. The van der Waals surface area contributed by atoms with E-state index in [-0.39, 0.29) is 27.4 Å². The molecule has 23 heavy (non-hydrogen) atoms. The van der Waals surface area contributed by atoms with Crippen molar-refractivity contribution < 1.29 is 13.2 Å². The SMILES string of the molecule is CC(C)CCC(C)NC(=O)c1cc(S(=O)(=O)N(C)C)ccc1Cl. The van der Waals surface area contributed by atoms with Gasteiger partial charge in [-0.2, -0.15) is 0 Å². The number of carbonyl (C=O) groups excluding carboxylic acids is 1. The maximum atomic E-state index is 12.4. The van der Waals surface area contributed by atoms with Crippen LogP contribution in [0.2, 0.25) is 5.02 Å². The van der Waals surface area contributed by atoms with Crippen molar-refractivity contribution in [2.24, 2.45) is 5.92 Å². The Labute approximate surface area is 144 Å². The van der Waals surface area contributed by atoms with Crippen molar-refractivity contribution >= 4 is 27.5 Å². The summed E-state index contributed by atoms with van der Waals surface area (Å²) in [4.78, 5) is 12.4. The summed E-state index contributed by atoms with van der Waals surface area (Å²) in [6, 6.07) is 4.15. The molecule has 1 unspecified atom stereocenters. The first kappa shape index (κ1) is 19.9. The zero-order chi connectivity index (χ0) is 17.8. The third-order valence-corrected chi connectivity index (χ3v) is 5.66. The molecule has 0 fully saturated rings. The summed E-state index contributed by atoms with van der Waals surface area (Å²) >= 11 is 6.06. The fourth-order valence-corrected chi connectivity index (χ4v) is 3.14. The molecule has 0 bridgehead atoms. The van der Waals surface area contributed by atoms with Crippen LogP contribution in [-0.4, -0.2) is 38.8 Å². The number of nitrogens with one attached hydrogen (secondary N) is 1. The van der Waals surface area contributed by atoms with Gasteiger partial charge < -0.3 is 5.32 Å². The topological polar surface area (TPSA) is 66.5 Å². The van der Waals surface area contributed by atoms with Gasteiger partial charge in [-0.05, 0) is 43.9 Å². The van der Waals surface area contributed by atoms with Gasteiger partial charge in [0.15, 0.2) is 0 Å². The largest absolute Gasteiger partial charge is 0.350 e. The minimum Gasteiger partial charge on any atom is -0.350 e. The highest BCUT2D eigenvalue weighted by molar-refractivity contribution is 7.89. The summed E-state index contributed by atoms with van der Waals surface area (Å²) in [5.74, 6) is 0.202. The Morgan fingerprint density at radius 2 is 1.83 bits per heavy atom. The number of hydrogen-bond donors (Lipinski definition) is 1. The van der Waals surface area contributed by atoms with E-state index >= 15 is 0 Å².